The number of nitrogens with one attached hydrogen (secondary N) is 3. The number of thioether (sulfide) groups is 1. The predicted octanol–water partition coefficient (Wildman–Crippen LogP) is -3.09. The average molecular weight is 441 g/mol. The van der Waals surface area contributed by atoms with E-state index in [1.54, 1.807) is 0 Å². The SMILES string of the molecule is CSCCC(N)C(=O)NC(C(=O)NC(CO)C(=O)NC(CS)C(=O)O)C(C)O. The number of rotatable bonds is 13. The van der Waals surface area contributed by atoms with E-state index in [0.29, 0.717) is 12.2 Å². The van der Waals surface area contributed by atoms with Crippen LogP contribution >= 0.6 is 24.4 Å². The van der Waals surface area contributed by atoms with Gasteiger partial charge in [0.15, 0.2) is 0 Å². The lowest BCUT2D eigenvalue weighted by Crippen LogP contribution is -2.60. The standard InChI is InChI=1S/C15H28N4O7S2/c1-7(21)11(19-12(22)8(16)3-4-28-2)14(24)17-9(5-20)13(23)18-10(6-27)15(25)26/h7-11,20-21,27H,3-6,16H2,1-2H3,(H,17,24)(H,18,23)(H,19,22)(H,25,26). The summed E-state index contributed by atoms with van der Waals surface area (Å²) in [5.74, 6) is -3.45. The second-order valence-electron chi connectivity index (χ2n) is 5.94. The van der Waals surface area contributed by atoms with Gasteiger partial charge in [-0.15, -0.1) is 0 Å². The highest BCUT2D eigenvalue weighted by Gasteiger charge is 2.31. The van der Waals surface area contributed by atoms with E-state index < -0.39 is 60.6 Å². The van der Waals surface area contributed by atoms with E-state index in [4.69, 9.17) is 10.8 Å². The molecule has 0 saturated carbocycles. The number of nitrogens with two attached hydrogens (primary N) is 1. The minimum absolute atomic E-state index is 0.201. The molecule has 0 heterocycles. The van der Waals surface area contributed by atoms with Crippen molar-refractivity contribution in [2.75, 3.05) is 24.4 Å². The van der Waals surface area contributed by atoms with Crippen molar-refractivity contribution in [3.05, 3.63) is 0 Å². The molecule has 3 amide bonds. The zero-order valence-corrected chi connectivity index (χ0v) is 17.3. The second kappa shape index (κ2) is 13.6. The number of aliphatic hydroxyl groups is 2. The number of carbonyl (C=O) groups excluding carboxylic acids is 3. The van der Waals surface area contributed by atoms with Gasteiger partial charge in [-0.3, -0.25) is 14.4 Å². The Balaban J connectivity index is 5.02. The van der Waals surface area contributed by atoms with Gasteiger partial charge >= 0.3 is 5.97 Å². The van der Waals surface area contributed by atoms with Gasteiger partial charge in [0.25, 0.3) is 0 Å². The molecule has 0 bridgehead atoms. The minimum atomic E-state index is -1.49. The summed E-state index contributed by atoms with van der Waals surface area (Å²) in [5.41, 5.74) is 5.72. The monoisotopic (exact) mass is 440 g/mol. The number of carbonyl (C=O) groups is 4. The number of thiol groups is 1. The highest BCUT2D eigenvalue weighted by atomic mass is 32.2. The van der Waals surface area contributed by atoms with Crippen molar-refractivity contribution in [3.63, 3.8) is 0 Å². The molecule has 0 radical (unpaired) electrons. The summed E-state index contributed by atoms with van der Waals surface area (Å²) in [5, 5.41) is 34.7. The molecular formula is C15H28N4O7S2. The molecule has 0 aromatic carbocycles. The number of aliphatic hydroxyl groups excluding tert-OH is 2. The fraction of sp³-hybridized carbons (Fsp3) is 0.733. The Morgan fingerprint density at radius 3 is 2.07 bits per heavy atom. The maximum atomic E-state index is 12.4. The third kappa shape index (κ3) is 9.10. The Labute approximate surface area is 172 Å². The van der Waals surface area contributed by atoms with Gasteiger partial charge in [-0.25, -0.2) is 4.79 Å². The van der Waals surface area contributed by atoms with E-state index in [2.05, 4.69) is 28.6 Å². The maximum Gasteiger partial charge on any atom is 0.327 e. The molecule has 0 aliphatic rings. The van der Waals surface area contributed by atoms with Gasteiger partial charge in [0.05, 0.1) is 18.8 Å². The lowest BCUT2D eigenvalue weighted by Gasteiger charge is -2.25. The Kier molecular flexibility index (Phi) is 12.9. The van der Waals surface area contributed by atoms with Gasteiger partial charge in [0, 0.05) is 5.75 Å². The lowest BCUT2D eigenvalue weighted by molar-refractivity contribution is -0.142. The van der Waals surface area contributed by atoms with Crippen molar-refractivity contribution in [2.24, 2.45) is 5.73 Å². The number of amides is 3. The van der Waals surface area contributed by atoms with Gasteiger partial charge in [0.1, 0.15) is 18.1 Å². The fourth-order valence-corrected chi connectivity index (χ4v) is 2.69. The molecule has 0 aromatic heterocycles. The molecule has 0 aliphatic carbocycles. The quantitative estimate of drug-likeness (QED) is 0.137. The van der Waals surface area contributed by atoms with Gasteiger partial charge in [0.2, 0.25) is 17.7 Å². The van der Waals surface area contributed by atoms with E-state index in [1.165, 1.54) is 18.7 Å². The summed E-state index contributed by atoms with van der Waals surface area (Å²) in [6, 6.07) is -5.11. The number of aliphatic carboxylic acids is 1. The molecule has 0 fully saturated rings. The molecule has 28 heavy (non-hydrogen) atoms. The predicted molar refractivity (Wildman–Crippen MR) is 107 cm³/mol. The van der Waals surface area contributed by atoms with Crippen LogP contribution in [-0.2, 0) is 19.2 Å². The summed E-state index contributed by atoms with van der Waals surface area (Å²) in [6.45, 7) is 0.428. The Hall–Kier alpha value is -1.54. The molecule has 13 heteroatoms. The number of carboxylic acid groups (broad SMARTS) is 1. The lowest BCUT2D eigenvalue weighted by atomic mass is 10.1. The summed E-state index contributed by atoms with van der Waals surface area (Å²) < 4.78 is 0. The van der Waals surface area contributed by atoms with Crippen LogP contribution in [-0.4, -0.2) is 93.7 Å². The van der Waals surface area contributed by atoms with E-state index >= 15 is 0 Å². The molecule has 162 valence electrons. The van der Waals surface area contributed by atoms with Crippen LogP contribution in [0.2, 0.25) is 0 Å². The first kappa shape index (κ1) is 26.5. The van der Waals surface area contributed by atoms with Gasteiger partial charge in [-0.2, -0.15) is 24.4 Å². The van der Waals surface area contributed by atoms with Crippen molar-refractivity contribution >= 4 is 48.1 Å². The molecule has 5 unspecified atom stereocenters. The van der Waals surface area contributed by atoms with Crippen LogP contribution in [0, 0.1) is 0 Å². The first-order valence-electron chi connectivity index (χ1n) is 8.37. The van der Waals surface area contributed by atoms with Crippen LogP contribution in [0.5, 0.6) is 0 Å². The van der Waals surface area contributed by atoms with Crippen molar-refractivity contribution in [2.45, 2.75) is 43.6 Å². The molecular weight excluding hydrogens is 412 g/mol. The third-order valence-electron chi connectivity index (χ3n) is 3.65. The maximum absolute atomic E-state index is 12.4. The molecule has 0 aliphatic heterocycles. The normalized spacial score (nSPS) is 16.2. The second-order valence-corrected chi connectivity index (χ2v) is 7.29. The molecule has 0 spiro atoms. The average Bonchev–Trinajstić information content (AvgIpc) is 2.64. The molecule has 8 N–H and O–H groups in total. The summed E-state index contributed by atoms with van der Waals surface area (Å²) in [6.07, 6.45) is 0.894. The van der Waals surface area contributed by atoms with Crippen molar-refractivity contribution < 1.29 is 34.5 Å². The molecule has 11 nitrogen and oxygen atoms in total. The number of hydrogen-bond acceptors (Lipinski definition) is 9. The fourth-order valence-electron chi connectivity index (χ4n) is 1.95. The first-order chi connectivity index (χ1) is 13.1. The van der Waals surface area contributed by atoms with Crippen molar-refractivity contribution in [1.29, 1.82) is 0 Å². The summed E-state index contributed by atoms with van der Waals surface area (Å²) in [4.78, 5) is 47.5. The van der Waals surface area contributed by atoms with Crippen molar-refractivity contribution in [1.82, 2.24) is 16.0 Å². The Morgan fingerprint density at radius 2 is 1.64 bits per heavy atom. The van der Waals surface area contributed by atoms with Gasteiger partial charge < -0.3 is 37.0 Å². The molecule has 5 atom stereocenters. The van der Waals surface area contributed by atoms with Crippen LogP contribution in [0.4, 0.5) is 0 Å². The van der Waals surface area contributed by atoms with Crippen molar-refractivity contribution in [3.8, 4) is 0 Å². The zero-order valence-electron chi connectivity index (χ0n) is 15.6. The number of carboxylic acids is 1. The highest BCUT2D eigenvalue weighted by molar-refractivity contribution is 7.98. The third-order valence-corrected chi connectivity index (χ3v) is 4.65. The topological polar surface area (TPSA) is 191 Å². The largest absolute Gasteiger partial charge is 0.480 e. The van der Waals surface area contributed by atoms with Crippen LogP contribution in [0.3, 0.4) is 0 Å². The van der Waals surface area contributed by atoms with Crippen LogP contribution in [0.15, 0.2) is 0 Å². The van der Waals surface area contributed by atoms with Crippen LogP contribution in [0.25, 0.3) is 0 Å². The van der Waals surface area contributed by atoms with Crippen LogP contribution in [0.1, 0.15) is 13.3 Å². The van der Waals surface area contributed by atoms with E-state index in [0.717, 1.165) is 0 Å². The first-order valence-corrected chi connectivity index (χ1v) is 10.4. The summed E-state index contributed by atoms with van der Waals surface area (Å²) in [7, 11) is 0. The minimum Gasteiger partial charge on any atom is -0.480 e. The molecule has 0 rings (SSSR count). The van der Waals surface area contributed by atoms with Gasteiger partial charge in [-0.05, 0) is 25.4 Å². The smallest absolute Gasteiger partial charge is 0.327 e. The Morgan fingerprint density at radius 1 is 1.07 bits per heavy atom. The van der Waals surface area contributed by atoms with E-state index in [1.807, 2.05) is 6.26 Å². The summed E-state index contributed by atoms with van der Waals surface area (Å²) >= 11 is 5.29. The van der Waals surface area contributed by atoms with Gasteiger partial charge in [-0.1, -0.05) is 0 Å². The molecule has 0 saturated heterocycles. The highest BCUT2D eigenvalue weighted by Crippen LogP contribution is 2.01. The Bertz CT molecular complexity index is 550. The number of hydrogen-bond donors (Lipinski definition) is 8. The van der Waals surface area contributed by atoms with E-state index in [9.17, 15) is 29.4 Å². The van der Waals surface area contributed by atoms with Crippen LogP contribution < -0.4 is 21.7 Å². The molecule has 0 aromatic rings. The van der Waals surface area contributed by atoms with E-state index in [-0.39, 0.29) is 5.75 Å². The zero-order chi connectivity index (χ0) is 21.9.